The van der Waals surface area contributed by atoms with Crippen molar-refractivity contribution in [3.05, 3.63) is 64.8 Å². The zero-order valence-corrected chi connectivity index (χ0v) is 23.7. The zero-order valence-electron chi connectivity index (χ0n) is 23.7. The minimum Gasteiger partial charge on any atom is -0.472 e. The summed E-state index contributed by atoms with van der Waals surface area (Å²) in [7, 11) is 5.68. The molecule has 2 unspecified atom stereocenters. The molecular weight excluding hydrogens is 474 g/mol. The van der Waals surface area contributed by atoms with Crippen LogP contribution in [0.5, 0.6) is 5.75 Å². The zero-order chi connectivity index (χ0) is 26.9. The van der Waals surface area contributed by atoms with E-state index in [-0.39, 0.29) is 11.7 Å². The van der Waals surface area contributed by atoms with Crippen LogP contribution in [0.1, 0.15) is 66.2 Å². The lowest BCUT2D eigenvalue weighted by Crippen LogP contribution is -2.64. The third-order valence-electron chi connectivity index (χ3n) is 8.97. The number of likely N-dealkylation sites (N-methyl/N-ethyl adjacent to an activating group) is 1. The molecular formula is C32H43N3O3. The standard InChI is InChI=1S/C21H26N2O3.C11H17N/c1-13-18(20(24)25-2)19-15-12-14-6-5-11-23-10-4-3-9-21(14,23)26-17(15)8-7-16(19)22-13;1-10(12(2)3)9-11-7-5-4-6-8-11/h7-8,14,22H,3-6,9-12H2,1-2H3;4-8,10H,9H2,1-3H3/t;10-/m.0/s1. The van der Waals surface area contributed by atoms with Crippen LogP contribution in [0.2, 0.25) is 0 Å². The summed E-state index contributed by atoms with van der Waals surface area (Å²) in [6.45, 7) is 6.47. The van der Waals surface area contributed by atoms with Crippen LogP contribution in [0, 0.1) is 12.8 Å². The van der Waals surface area contributed by atoms with Crippen LogP contribution >= 0.6 is 0 Å². The Labute approximate surface area is 227 Å². The normalized spacial score (nSPS) is 23.4. The minimum atomic E-state index is -0.273. The fourth-order valence-corrected chi connectivity index (χ4v) is 6.71. The lowest BCUT2D eigenvalue weighted by molar-refractivity contribution is -0.177. The van der Waals surface area contributed by atoms with E-state index in [9.17, 15) is 4.79 Å². The molecule has 0 bridgehead atoms. The molecule has 3 aliphatic rings. The predicted octanol–water partition coefficient (Wildman–Crippen LogP) is 5.97. The van der Waals surface area contributed by atoms with Gasteiger partial charge in [-0.05, 0) is 84.2 Å². The molecule has 3 aromatic rings. The highest BCUT2D eigenvalue weighted by molar-refractivity contribution is 6.07. The van der Waals surface area contributed by atoms with Gasteiger partial charge in [-0.25, -0.2) is 4.79 Å². The van der Waals surface area contributed by atoms with Gasteiger partial charge in [-0.15, -0.1) is 0 Å². The molecule has 204 valence electrons. The average Bonchev–Trinajstić information content (AvgIpc) is 3.27. The number of aromatic nitrogens is 1. The molecule has 0 aliphatic carbocycles. The molecule has 1 spiro atoms. The number of H-pyrrole nitrogens is 1. The summed E-state index contributed by atoms with van der Waals surface area (Å²) in [6.07, 6.45) is 8.17. The van der Waals surface area contributed by atoms with Crippen LogP contribution in [-0.4, -0.2) is 66.8 Å². The Hall–Kier alpha value is -2.83. The molecule has 3 atom stereocenters. The first kappa shape index (κ1) is 26.8. The monoisotopic (exact) mass is 517 g/mol. The Morgan fingerprint density at radius 1 is 1.16 bits per heavy atom. The topological polar surface area (TPSA) is 57.8 Å². The van der Waals surface area contributed by atoms with Crippen LogP contribution in [-0.2, 0) is 17.6 Å². The highest BCUT2D eigenvalue weighted by Gasteiger charge is 2.52. The highest BCUT2D eigenvalue weighted by atomic mass is 16.5. The van der Waals surface area contributed by atoms with Gasteiger partial charge in [0.05, 0.1) is 12.7 Å². The summed E-state index contributed by atoms with van der Waals surface area (Å²) in [4.78, 5) is 20.6. The Morgan fingerprint density at radius 3 is 2.66 bits per heavy atom. The number of carbonyl (C=O) groups excluding carboxylic acids is 1. The van der Waals surface area contributed by atoms with Gasteiger partial charge in [0, 0.05) is 53.6 Å². The van der Waals surface area contributed by atoms with Crippen molar-refractivity contribution in [2.75, 3.05) is 34.3 Å². The molecule has 6 rings (SSSR count). The molecule has 38 heavy (non-hydrogen) atoms. The van der Waals surface area contributed by atoms with Crippen LogP contribution in [0.3, 0.4) is 0 Å². The number of aromatic amines is 1. The van der Waals surface area contributed by atoms with E-state index in [1.807, 2.05) is 13.0 Å². The maximum absolute atomic E-state index is 12.4. The van der Waals surface area contributed by atoms with Gasteiger partial charge in [0.2, 0.25) is 0 Å². The van der Waals surface area contributed by atoms with E-state index in [4.69, 9.17) is 9.47 Å². The first-order chi connectivity index (χ1) is 18.3. The van der Waals surface area contributed by atoms with Gasteiger partial charge in [-0.3, -0.25) is 4.90 Å². The molecule has 0 saturated carbocycles. The van der Waals surface area contributed by atoms with Crippen molar-refractivity contribution in [2.45, 2.75) is 70.6 Å². The van der Waals surface area contributed by atoms with Crippen LogP contribution in [0.25, 0.3) is 10.9 Å². The van der Waals surface area contributed by atoms with Crippen molar-refractivity contribution in [2.24, 2.45) is 5.92 Å². The van der Waals surface area contributed by atoms with Crippen molar-refractivity contribution in [1.82, 2.24) is 14.8 Å². The summed E-state index contributed by atoms with van der Waals surface area (Å²) < 4.78 is 11.8. The number of rotatable bonds is 4. The number of hydrogen-bond acceptors (Lipinski definition) is 5. The summed E-state index contributed by atoms with van der Waals surface area (Å²) in [5, 5.41) is 0.995. The molecule has 6 heteroatoms. The molecule has 2 saturated heterocycles. The Balaban J connectivity index is 0.000000207. The first-order valence-corrected chi connectivity index (χ1v) is 14.2. The Morgan fingerprint density at radius 2 is 1.92 bits per heavy atom. The number of nitrogens with zero attached hydrogens (tertiary/aromatic N) is 2. The van der Waals surface area contributed by atoms with E-state index in [0.717, 1.165) is 54.7 Å². The second kappa shape index (κ2) is 11.1. The number of nitrogens with one attached hydrogen (secondary N) is 1. The molecule has 2 aromatic carbocycles. The maximum Gasteiger partial charge on any atom is 0.340 e. The lowest BCUT2D eigenvalue weighted by Gasteiger charge is -2.56. The number of carbonyl (C=O) groups is 1. The van der Waals surface area contributed by atoms with Gasteiger partial charge in [0.15, 0.2) is 5.72 Å². The van der Waals surface area contributed by atoms with Crippen molar-refractivity contribution in [3.8, 4) is 5.75 Å². The molecule has 0 radical (unpaired) electrons. The van der Waals surface area contributed by atoms with E-state index < -0.39 is 0 Å². The molecule has 0 amide bonds. The number of hydrogen-bond donors (Lipinski definition) is 1. The summed E-state index contributed by atoms with van der Waals surface area (Å²) in [5.74, 6) is 1.17. The van der Waals surface area contributed by atoms with Gasteiger partial charge >= 0.3 is 5.97 Å². The molecule has 1 aromatic heterocycles. The highest BCUT2D eigenvalue weighted by Crippen LogP contribution is 2.50. The fourth-order valence-electron chi connectivity index (χ4n) is 6.71. The summed E-state index contributed by atoms with van der Waals surface area (Å²) in [6, 6.07) is 15.4. The summed E-state index contributed by atoms with van der Waals surface area (Å²) >= 11 is 0. The number of methoxy groups -OCH3 is 1. The smallest absolute Gasteiger partial charge is 0.340 e. The van der Waals surface area contributed by atoms with E-state index >= 15 is 0 Å². The van der Waals surface area contributed by atoms with Crippen molar-refractivity contribution in [3.63, 3.8) is 0 Å². The van der Waals surface area contributed by atoms with Gasteiger partial charge in [-0.1, -0.05) is 30.3 Å². The van der Waals surface area contributed by atoms with E-state index in [0.29, 0.717) is 17.5 Å². The molecule has 4 heterocycles. The largest absolute Gasteiger partial charge is 0.472 e. The SMILES string of the molecule is COC(=O)c1c(C)[nH]c2ccc3c(c12)CC1CCCN2CCCCC12O3.C[C@@H](Cc1ccccc1)N(C)C. The quantitative estimate of drug-likeness (QED) is 0.432. The van der Waals surface area contributed by atoms with E-state index in [1.165, 1.54) is 43.9 Å². The van der Waals surface area contributed by atoms with E-state index in [1.54, 1.807) is 0 Å². The van der Waals surface area contributed by atoms with Gasteiger partial charge in [0.25, 0.3) is 0 Å². The van der Waals surface area contributed by atoms with Crippen LogP contribution < -0.4 is 4.74 Å². The average molecular weight is 518 g/mol. The van der Waals surface area contributed by atoms with Gasteiger partial charge in [-0.2, -0.15) is 0 Å². The Kier molecular flexibility index (Phi) is 7.83. The van der Waals surface area contributed by atoms with E-state index in [2.05, 4.69) is 72.2 Å². The second-order valence-corrected chi connectivity index (χ2v) is 11.5. The van der Waals surface area contributed by atoms with Crippen LogP contribution in [0.4, 0.5) is 0 Å². The number of ether oxygens (including phenoxy) is 2. The van der Waals surface area contributed by atoms with Crippen molar-refractivity contribution >= 4 is 16.9 Å². The van der Waals surface area contributed by atoms with Crippen LogP contribution in [0.15, 0.2) is 42.5 Å². The fraction of sp³-hybridized carbons (Fsp3) is 0.531. The van der Waals surface area contributed by atoms with Gasteiger partial charge < -0.3 is 19.4 Å². The lowest BCUT2D eigenvalue weighted by atomic mass is 9.74. The number of aryl methyl sites for hydroxylation is 1. The summed E-state index contributed by atoms with van der Waals surface area (Å²) in [5.41, 5.74) is 4.98. The first-order valence-electron chi connectivity index (χ1n) is 14.2. The number of benzene rings is 2. The van der Waals surface area contributed by atoms with Crippen molar-refractivity contribution < 1.29 is 14.3 Å². The van der Waals surface area contributed by atoms with Gasteiger partial charge in [0.1, 0.15) is 5.75 Å². The molecule has 6 nitrogen and oxygen atoms in total. The Bertz CT molecular complexity index is 1270. The maximum atomic E-state index is 12.4. The number of esters is 1. The minimum absolute atomic E-state index is 0.131. The number of piperidine rings is 2. The number of fused-ring (bicyclic) bond motifs is 3. The molecule has 1 N–H and O–H groups in total. The third-order valence-corrected chi connectivity index (χ3v) is 8.97. The molecule has 3 aliphatic heterocycles. The van der Waals surface area contributed by atoms with Crippen molar-refractivity contribution in [1.29, 1.82) is 0 Å². The third kappa shape index (κ3) is 4.96. The predicted molar refractivity (Wildman–Crippen MR) is 153 cm³/mol. The molecule has 2 fully saturated rings. The second-order valence-electron chi connectivity index (χ2n) is 11.5.